The Bertz CT molecular complexity index is 584. The maximum absolute atomic E-state index is 12.4. The summed E-state index contributed by atoms with van der Waals surface area (Å²) in [5, 5.41) is 8.65. The summed E-state index contributed by atoms with van der Waals surface area (Å²) in [6.07, 6.45) is 0.750. The fourth-order valence-electron chi connectivity index (χ4n) is 1.54. The first kappa shape index (κ1) is 15.7. The van der Waals surface area contributed by atoms with Crippen molar-refractivity contribution in [3.05, 3.63) is 29.8 Å². The smallest absolute Gasteiger partial charge is 0.243 e. The number of aliphatic hydroxyl groups is 1. The predicted octanol–water partition coefficient (Wildman–Crippen LogP) is 1.45. The van der Waals surface area contributed by atoms with Crippen molar-refractivity contribution in [2.45, 2.75) is 31.2 Å². The quantitative estimate of drug-likeness (QED) is 0.850. The van der Waals surface area contributed by atoms with Crippen LogP contribution >= 0.6 is 0 Å². The number of hydrogen-bond acceptors (Lipinski definition) is 3. The van der Waals surface area contributed by atoms with Crippen molar-refractivity contribution in [1.82, 2.24) is 4.31 Å². The molecular formula is C14H19NO3S. The summed E-state index contributed by atoms with van der Waals surface area (Å²) in [4.78, 5) is 0.222. The molecule has 5 heteroatoms. The van der Waals surface area contributed by atoms with Gasteiger partial charge in [0, 0.05) is 18.7 Å². The fourth-order valence-corrected chi connectivity index (χ4v) is 3.02. The number of nitrogens with zero attached hydrogens (tertiary/aromatic N) is 1. The Hall–Kier alpha value is -1.35. The molecule has 1 aromatic carbocycles. The van der Waals surface area contributed by atoms with Crippen molar-refractivity contribution in [2.75, 3.05) is 13.7 Å². The second-order valence-electron chi connectivity index (χ2n) is 4.27. The molecule has 0 fully saturated rings. The van der Waals surface area contributed by atoms with Crippen LogP contribution < -0.4 is 0 Å². The zero-order valence-electron chi connectivity index (χ0n) is 11.4. The summed E-state index contributed by atoms with van der Waals surface area (Å²) in [6, 6.07) is 6.39. The molecule has 1 aromatic rings. The Labute approximate surface area is 115 Å². The molecule has 1 atom stereocenters. The monoisotopic (exact) mass is 281 g/mol. The maximum Gasteiger partial charge on any atom is 0.243 e. The number of sulfonamides is 1. The molecule has 0 heterocycles. The molecule has 19 heavy (non-hydrogen) atoms. The largest absolute Gasteiger partial charge is 0.384 e. The minimum atomic E-state index is -3.49. The van der Waals surface area contributed by atoms with Crippen LogP contribution in [0.25, 0.3) is 0 Å². The lowest BCUT2D eigenvalue weighted by atomic mass is 10.2. The minimum absolute atomic E-state index is 0.0582. The highest BCUT2D eigenvalue weighted by Gasteiger charge is 2.24. The minimum Gasteiger partial charge on any atom is -0.384 e. The third-order valence-corrected chi connectivity index (χ3v) is 5.00. The van der Waals surface area contributed by atoms with Crippen LogP contribution in [0.2, 0.25) is 0 Å². The molecule has 0 saturated heterocycles. The first-order chi connectivity index (χ1) is 8.93. The van der Waals surface area contributed by atoms with Crippen molar-refractivity contribution in [1.29, 1.82) is 0 Å². The van der Waals surface area contributed by atoms with Gasteiger partial charge in [-0.05, 0) is 31.5 Å². The SMILES string of the molecule is CCC(C)N(C)S(=O)(=O)c1cccc(C#CCO)c1. The Morgan fingerprint density at radius 3 is 2.68 bits per heavy atom. The van der Waals surface area contributed by atoms with Gasteiger partial charge in [0.2, 0.25) is 10.0 Å². The first-order valence-corrected chi connectivity index (χ1v) is 7.55. The van der Waals surface area contributed by atoms with Gasteiger partial charge in [-0.1, -0.05) is 24.8 Å². The van der Waals surface area contributed by atoms with Crippen molar-refractivity contribution in [3.63, 3.8) is 0 Å². The molecule has 4 nitrogen and oxygen atoms in total. The third kappa shape index (κ3) is 3.80. The lowest BCUT2D eigenvalue weighted by molar-refractivity contribution is 0.350. The first-order valence-electron chi connectivity index (χ1n) is 6.11. The molecule has 0 amide bonds. The van der Waals surface area contributed by atoms with E-state index in [9.17, 15) is 8.42 Å². The standard InChI is InChI=1S/C14H19NO3S/c1-4-12(2)15(3)19(17,18)14-9-5-7-13(11-14)8-6-10-16/h5,7,9,11-12,16H,4,10H2,1-3H3. The van der Waals surface area contributed by atoms with E-state index >= 15 is 0 Å². The van der Waals surface area contributed by atoms with Crippen LogP contribution in [0, 0.1) is 11.8 Å². The lowest BCUT2D eigenvalue weighted by Gasteiger charge is -2.23. The molecule has 1 unspecified atom stereocenters. The van der Waals surface area contributed by atoms with Crippen molar-refractivity contribution in [3.8, 4) is 11.8 Å². The van der Waals surface area contributed by atoms with Crippen molar-refractivity contribution in [2.24, 2.45) is 0 Å². The Kier molecular flexibility index (Phi) is 5.55. The van der Waals surface area contributed by atoms with Gasteiger partial charge in [-0.3, -0.25) is 0 Å². The van der Waals surface area contributed by atoms with Gasteiger partial charge in [0.05, 0.1) is 4.90 Å². The average Bonchev–Trinajstić information content (AvgIpc) is 2.43. The third-order valence-electron chi connectivity index (χ3n) is 3.03. The molecular weight excluding hydrogens is 262 g/mol. The van der Waals surface area contributed by atoms with Crippen molar-refractivity contribution < 1.29 is 13.5 Å². The summed E-state index contributed by atoms with van der Waals surface area (Å²) < 4.78 is 26.1. The molecule has 0 aromatic heterocycles. The van der Waals surface area contributed by atoms with Crippen LogP contribution in [0.3, 0.4) is 0 Å². The van der Waals surface area contributed by atoms with E-state index in [0.717, 1.165) is 6.42 Å². The zero-order valence-corrected chi connectivity index (χ0v) is 12.2. The number of aliphatic hydroxyl groups excluding tert-OH is 1. The van der Waals surface area contributed by atoms with Crippen LogP contribution in [0.4, 0.5) is 0 Å². The van der Waals surface area contributed by atoms with Gasteiger partial charge in [-0.2, -0.15) is 4.31 Å². The average molecular weight is 281 g/mol. The molecule has 1 N–H and O–H groups in total. The van der Waals surface area contributed by atoms with Gasteiger partial charge >= 0.3 is 0 Å². The highest BCUT2D eigenvalue weighted by Crippen LogP contribution is 2.18. The number of hydrogen-bond donors (Lipinski definition) is 1. The van der Waals surface area contributed by atoms with E-state index in [1.54, 1.807) is 25.2 Å². The maximum atomic E-state index is 12.4. The highest BCUT2D eigenvalue weighted by molar-refractivity contribution is 7.89. The molecule has 104 valence electrons. The molecule has 0 radical (unpaired) electrons. The second kappa shape index (κ2) is 6.71. The van der Waals surface area contributed by atoms with Gasteiger partial charge in [-0.25, -0.2) is 8.42 Å². The fraction of sp³-hybridized carbons (Fsp3) is 0.429. The lowest BCUT2D eigenvalue weighted by Crippen LogP contribution is -2.34. The van der Waals surface area contributed by atoms with Gasteiger partial charge in [0.15, 0.2) is 0 Å². The number of rotatable bonds is 4. The summed E-state index contributed by atoms with van der Waals surface area (Å²) in [5.74, 6) is 5.21. The predicted molar refractivity (Wildman–Crippen MR) is 75.1 cm³/mol. The normalized spacial score (nSPS) is 12.9. The Morgan fingerprint density at radius 1 is 1.42 bits per heavy atom. The highest BCUT2D eigenvalue weighted by atomic mass is 32.2. The van der Waals surface area contributed by atoms with E-state index in [0.29, 0.717) is 5.56 Å². The molecule has 0 bridgehead atoms. The molecule has 0 aliphatic rings. The molecule has 0 aliphatic heterocycles. The second-order valence-corrected chi connectivity index (χ2v) is 6.26. The Balaban J connectivity index is 3.15. The van der Waals surface area contributed by atoms with E-state index in [1.807, 2.05) is 13.8 Å². The van der Waals surface area contributed by atoms with Crippen LogP contribution in [0.5, 0.6) is 0 Å². The molecule has 0 saturated carbocycles. The van der Waals surface area contributed by atoms with Crippen LogP contribution in [0.15, 0.2) is 29.2 Å². The topological polar surface area (TPSA) is 57.6 Å². The van der Waals surface area contributed by atoms with Crippen molar-refractivity contribution >= 4 is 10.0 Å². The van der Waals surface area contributed by atoms with Crippen LogP contribution in [-0.2, 0) is 10.0 Å². The summed E-state index contributed by atoms with van der Waals surface area (Å²) in [7, 11) is -1.92. The van der Waals surface area contributed by atoms with Crippen LogP contribution in [0.1, 0.15) is 25.8 Å². The number of benzene rings is 1. The summed E-state index contributed by atoms with van der Waals surface area (Å²) >= 11 is 0. The van der Waals surface area contributed by atoms with Gasteiger partial charge in [-0.15, -0.1) is 0 Å². The van der Waals surface area contributed by atoms with Crippen LogP contribution in [-0.4, -0.2) is 37.5 Å². The van der Waals surface area contributed by atoms with E-state index < -0.39 is 10.0 Å². The van der Waals surface area contributed by atoms with Gasteiger partial charge < -0.3 is 5.11 Å². The Morgan fingerprint density at radius 2 is 2.11 bits per heavy atom. The van der Waals surface area contributed by atoms with E-state index in [4.69, 9.17) is 5.11 Å². The zero-order chi connectivity index (χ0) is 14.5. The van der Waals surface area contributed by atoms with Gasteiger partial charge in [0.1, 0.15) is 6.61 Å². The summed E-state index contributed by atoms with van der Waals surface area (Å²) in [6.45, 7) is 3.57. The van der Waals surface area contributed by atoms with E-state index in [1.165, 1.54) is 10.4 Å². The van der Waals surface area contributed by atoms with E-state index in [-0.39, 0.29) is 17.5 Å². The van der Waals surface area contributed by atoms with Gasteiger partial charge in [0.25, 0.3) is 0 Å². The molecule has 1 rings (SSSR count). The molecule has 0 aliphatic carbocycles. The van der Waals surface area contributed by atoms with E-state index in [2.05, 4.69) is 11.8 Å². The summed E-state index contributed by atoms with van der Waals surface area (Å²) in [5.41, 5.74) is 0.577. The molecule has 0 spiro atoms.